The molecular formula is C18H23N3O2S. The molecule has 2 atom stereocenters. The molecule has 3 amide bonds. The zero-order valence-corrected chi connectivity index (χ0v) is 14.9. The largest absolute Gasteiger partial charge is 0.351 e. The van der Waals surface area contributed by atoms with E-state index in [1.165, 1.54) is 5.56 Å². The molecule has 0 bridgehead atoms. The number of urea groups is 1. The van der Waals surface area contributed by atoms with Crippen molar-refractivity contribution in [2.24, 2.45) is 5.73 Å². The minimum absolute atomic E-state index is 0.125. The highest BCUT2D eigenvalue weighted by molar-refractivity contribution is 7.10. The number of carbonyl (C=O) groups is 2. The van der Waals surface area contributed by atoms with Crippen LogP contribution < -0.4 is 16.4 Å². The summed E-state index contributed by atoms with van der Waals surface area (Å²) in [5, 5.41) is 7.39. The van der Waals surface area contributed by atoms with E-state index in [2.05, 4.69) is 48.7 Å². The van der Waals surface area contributed by atoms with Crippen LogP contribution >= 0.6 is 11.3 Å². The number of hydrogen-bond acceptors (Lipinski definition) is 4. The summed E-state index contributed by atoms with van der Waals surface area (Å²) >= 11 is 1.62. The minimum Gasteiger partial charge on any atom is -0.351 e. The van der Waals surface area contributed by atoms with Crippen LogP contribution in [0.1, 0.15) is 48.7 Å². The third kappa shape index (κ3) is 4.66. The molecular weight excluding hydrogens is 322 g/mol. The molecule has 0 spiro atoms. The summed E-state index contributed by atoms with van der Waals surface area (Å²) in [4.78, 5) is 23.9. The molecule has 1 aromatic heterocycles. The lowest BCUT2D eigenvalue weighted by atomic mass is 9.98. The average molecular weight is 345 g/mol. The molecule has 0 unspecified atom stereocenters. The average Bonchev–Trinajstić information content (AvgIpc) is 3.06. The van der Waals surface area contributed by atoms with Crippen LogP contribution in [0.15, 0.2) is 41.8 Å². The monoisotopic (exact) mass is 345 g/mol. The summed E-state index contributed by atoms with van der Waals surface area (Å²) in [6.45, 7) is 6.02. The Bertz CT molecular complexity index is 681. The molecule has 128 valence electrons. The Labute approximate surface area is 146 Å². The fraction of sp³-hybridized carbons (Fsp3) is 0.333. The van der Waals surface area contributed by atoms with Gasteiger partial charge in [0, 0.05) is 4.88 Å². The number of primary amides is 1. The summed E-state index contributed by atoms with van der Waals surface area (Å²) in [5.74, 6) is 0.0234. The summed E-state index contributed by atoms with van der Waals surface area (Å²) in [6, 6.07) is 10.8. The third-order valence-corrected chi connectivity index (χ3v) is 4.76. The summed E-state index contributed by atoms with van der Waals surface area (Å²) in [7, 11) is 0. The van der Waals surface area contributed by atoms with E-state index in [1.54, 1.807) is 18.3 Å². The number of imide groups is 1. The van der Waals surface area contributed by atoms with Gasteiger partial charge < -0.3 is 5.73 Å². The van der Waals surface area contributed by atoms with Crippen LogP contribution in [-0.4, -0.2) is 18.0 Å². The molecule has 0 aliphatic rings. The maximum absolute atomic E-state index is 12.0. The molecule has 1 aromatic carbocycles. The second kappa shape index (κ2) is 8.08. The normalized spacial score (nSPS) is 13.5. The SMILES string of the molecule is CC(C)c1ccc([C@@H](N[C@H](C)C(=O)NC(N)=O)c2cccs2)cc1. The molecule has 5 nitrogen and oxygen atoms in total. The molecule has 4 N–H and O–H groups in total. The first-order valence-corrected chi connectivity index (χ1v) is 8.76. The Kier molecular flexibility index (Phi) is 6.11. The van der Waals surface area contributed by atoms with E-state index in [0.717, 1.165) is 10.4 Å². The highest BCUT2D eigenvalue weighted by atomic mass is 32.1. The minimum atomic E-state index is -0.845. The van der Waals surface area contributed by atoms with Crippen LogP contribution in [0.4, 0.5) is 4.79 Å². The summed E-state index contributed by atoms with van der Waals surface area (Å²) < 4.78 is 0. The fourth-order valence-corrected chi connectivity index (χ4v) is 3.24. The second-order valence-electron chi connectivity index (χ2n) is 6.01. The van der Waals surface area contributed by atoms with Gasteiger partial charge in [-0.1, -0.05) is 44.2 Å². The number of amides is 3. The summed E-state index contributed by atoms with van der Waals surface area (Å²) in [6.07, 6.45) is 0. The smallest absolute Gasteiger partial charge is 0.318 e. The van der Waals surface area contributed by atoms with Crippen molar-refractivity contribution in [3.8, 4) is 0 Å². The van der Waals surface area contributed by atoms with E-state index in [4.69, 9.17) is 5.73 Å². The lowest BCUT2D eigenvalue weighted by molar-refractivity contribution is -0.121. The Morgan fingerprint density at radius 2 is 1.67 bits per heavy atom. The van der Waals surface area contributed by atoms with Gasteiger partial charge in [-0.25, -0.2) is 4.79 Å². The Hall–Kier alpha value is -2.18. The van der Waals surface area contributed by atoms with E-state index >= 15 is 0 Å². The molecule has 0 aliphatic heterocycles. The molecule has 6 heteroatoms. The topological polar surface area (TPSA) is 84.2 Å². The van der Waals surface area contributed by atoms with Crippen molar-refractivity contribution in [1.29, 1.82) is 0 Å². The van der Waals surface area contributed by atoms with Crippen molar-refractivity contribution < 1.29 is 9.59 Å². The van der Waals surface area contributed by atoms with Gasteiger partial charge in [-0.05, 0) is 35.4 Å². The Balaban J connectivity index is 2.22. The number of nitrogens with two attached hydrogens (primary N) is 1. The van der Waals surface area contributed by atoms with Crippen molar-refractivity contribution in [3.05, 3.63) is 57.8 Å². The molecule has 0 radical (unpaired) electrons. The standard InChI is InChI=1S/C18H23N3O2S/c1-11(2)13-6-8-14(9-7-13)16(15-5-4-10-24-15)20-12(3)17(22)21-18(19)23/h4-12,16,20H,1-3H3,(H3,19,21,22,23)/t12-,16-/m1/s1. The van der Waals surface area contributed by atoms with E-state index in [-0.39, 0.29) is 6.04 Å². The predicted molar refractivity (Wildman–Crippen MR) is 97.0 cm³/mol. The van der Waals surface area contributed by atoms with Gasteiger partial charge in [-0.2, -0.15) is 0 Å². The van der Waals surface area contributed by atoms with Crippen molar-refractivity contribution in [3.63, 3.8) is 0 Å². The molecule has 24 heavy (non-hydrogen) atoms. The predicted octanol–water partition coefficient (Wildman–Crippen LogP) is 3.13. The molecule has 0 fully saturated rings. The third-order valence-electron chi connectivity index (χ3n) is 3.82. The highest BCUT2D eigenvalue weighted by Gasteiger charge is 2.22. The molecule has 0 aliphatic carbocycles. The van der Waals surface area contributed by atoms with Gasteiger partial charge in [0.1, 0.15) is 0 Å². The maximum atomic E-state index is 12.0. The zero-order valence-electron chi connectivity index (χ0n) is 14.1. The number of carbonyl (C=O) groups excluding carboxylic acids is 2. The fourth-order valence-electron chi connectivity index (χ4n) is 2.43. The van der Waals surface area contributed by atoms with Gasteiger partial charge in [0.2, 0.25) is 5.91 Å². The molecule has 1 heterocycles. The molecule has 0 saturated heterocycles. The lowest BCUT2D eigenvalue weighted by Gasteiger charge is -2.22. The molecule has 2 aromatic rings. The maximum Gasteiger partial charge on any atom is 0.318 e. The number of benzene rings is 1. The van der Waals surface area contributed by atoms with Gasteiger partial charge in [0.05, 0.1) is 12.1 Å². The van der Waals surface area contributed by atoms with Crippen LogP contribution in [0.3, 0.4) is 0 Å². The van der Waals surface area contributed by atoms with Crippen molar-refractivity contribution in [2.75, 3.05) is 0 Å². The Morgan fingerprint density at radius 3 is 2.17 bits per heavy atom. The van der Waals surface area contributed by atoms with Crippen molar-refractivity contribution in [2.45, 2.75) is 38.8 Å². The first-order chi connectivity index (χ1) is 11.4. The van der Waals surface area contributed by atoms with Crippen molar-refractivity contribution >= 4 is 23.3 Å². The number of thiophene rings is 1. The van der Waals surface area contributed by atoms with Gasteiger partial charge in [0.25, 0.3) is 0 Å². The van der Waals surface area contributed by atoms with E-state index in [1.807, 2.05) is 17.5 Å². The first-order valence-electron chi connectivity index (χ1n) is 7.88. The highest BCUT2D eigenvalue weighted by Crippen LogP contribution is 2.28. The van der Waals surface area contributed by atoms with Gasteiger partial charge in [-0.15, -0.1) is 11.3 Å². The molecule has 2 rings (SSSR count). The van der Waals surface area contributed by atoms with E-state index in [0.29, 0.717) is 5.92 Å². The van der Waals surface area contributed by atoms with Gasteiger partial charge in [0.15, 0.2) is 0 Å². The summed E-state index contributed by atoms with van der Waals surface area (Å²) in [5.41, 5.74) is 7.35. The zero-order chi connectivity index (χ0) is 17.7. The second-order valence-corrected chi connectivity index (χ2v) is 6.99. The van der Waals surface area contributed by atoms with Gasteiger partial charge >= 0.3 is 6.03 Å². The van der Waals surface area contributed by atoms with Gasteiger partial charge in [-0.3, -0.25) is 15.4 Å². The lowest BCUT2D eigenvalue weighted by Crippen LogP contribution is -2.47. The number of hydrogen-bond donors (Lipinski definition) is 3. The Morgan fingerprint density at radius 1 is 1.04 bits per heavy atom. The van der Waals surface area contributed by atoms with Crippen LogP contribution in [0.5, 0.6) is 0 Å². The molecule has 0 saturated carbocycles. The van der Waals surface area contributed by atoms with Crippen LogP contribution in [0.25, 0.3) is 0 Å². The van der Waals surface area contributed by atoms with Crippen LogP contribution in [0, 0.1) is 0 Å². The number of nitrogens with one attached hydrogen (secondary N) is 2. The van der Waals surface area contributed by atoms with E-state index < -0.39 is 18.0 Å². The van der Waals surface area contributed by atoms with Crippen molar-refractivity contribution in [1.82, 2.24) is 10.6 Å². The first kappa shape index (κ1) is 18.2. The van der Waals surface area contributed by atoms with Crippen LogP contribution in [0.2, 0.25) is 0 Å². The quantitative estimate of drug-likeness (QED) is 0.752. The number of rotatable bonds is 6. The van der Waals surface area contributed by atoms with Crippen LogP contribution in [-0.2, 0) is 4.79 Å². The van der Waals surface area contributed by atoms with E-state index in [9.17, 15) is 9.59 Å².